The minimum Gasteiger partial charge on any atom is -0.313 e. The zero-order valence-electron chi connectivity index (χ0n) is 11.5. The van der Waals surface area contributed by atoms with Crippen LogP contribution in [0.25, 0.3) is 0 Å². The van der Waals surface area contributed by atoms with Gasteiger partial charge in [0, 0.05) is 16.7 Å². The van der Waals surface area contributed by atoms with Crippen molar-refractivity contribution in [2.75, 3.05) is 12.8 Å². The van der Waals surface area contributed by atoms with Crippen molar-refractivity contribution in [2.45, 2.75) is 44.0 Å². The van der Waals surface area contributed by atoms with Crippen molar-refractivity contribution in [3.05, 3.63) is 29.3 Å². The molecule has 2 atom stereocenters. The van der Waals surface area contributed by atoms with Gasteiger partial charge in [-0.3, -0.25) is 0 Å². The Labute approximate surface area is 109 Å². The molecule has 0 aromatic heterocycles. The first kappa shape index (κ1) is 13.0. The van der Waals surface area contributed by atoms with Crippen molar-refractivity contribution < 1.29 is 0 Å². The molecule has 0 aliphatic carbocycles. The fourth-order valence-corrected chi connectivity index (χ4v) is 3.61. The van der Waals surface area contributed by atoms with Crippen LogP contribution in [0.1, 0.15) is 44.9 Å². The topological polar surface area (TPSA) is 12.0 Å². The third-order valence-electron chi connectivity index (χ3n) is 3.59. The Morgan fingerprint density at radius 2 is 2.00 bits per heavy atom. The maximum absolute atomic E-state index is 3.48. The third kappa shape index (κ3) is 2.53. The van der Waals surface area contributed by atoms with E-state index in [4.69, 9.17) is 0 Å². The Bertz CT molecular complexity index is 406. The molecule has 2 unspecified atom stereocenters. The highest BCUT2D eigenvalue weighted by Crippen LogP contribution is 2.41. The molecule has 1 N–H and O–H groups in total. The Morgan fingerprint density at radius 1 is 1.29 bits per heavy atom. The molecule has 94 valence electrons. The van der Waals surface area contributed by atoms with Gasteiger partial charge in [-0.25, -0.2) is 0 Å². The molecule has 0 saturated heterocycles. The van der Waals surface area contributed by atoms with Crippen LogP contribution >= 0.6 is 11.8 Å². The van der Waals surface area contributed by atoms with E-state index in [2.05, 4.69) is 58.3 Å². The number of hydrogen-bond donors (Lipinski definition) is 1. The molecule has 0 amide bonds. The number of thioether (sulfide) groups is 1. The molecule has 1 aromatic carbocycles. The summed E-state index contributed by atoms with van der Waals surface area (Å²) in [6.07, 6.45) is 0. The van der Waals surface area contributed by atoms with Crippen molar-refractivity contribution in [2.24, 2.45) is 5.92 Å². The number of benzene rings is 1. The van der Waals surface area contributed by atoms with Crippen molar-refractivity contribution in [1.29, 1.82) is 0 Å². The number of rotatable bonds is 1. The Balaban J connectivity index is 2.45. The highest BCUT2D eigenvalue weighted by Gasteiger charge is 2.27. The second-order valence-corrected chi connectivity index (χ2v) is 7.12. The SMILES string of the molecule is CNC1c2cc(C(C)(C)C)ccc2SCC1C. The van der Waals surface area contributed by atoms with E-state index >= 15 is 0 Å². The molecule has 0 bridgehead atoms. The van der Waals surface area contributed by atoms with Gasteiger partial charge in [-0.2, -0.15) is 0 Å². The highest BCUT2D eigenvalue weighted by molar-refractivity contribution is 7.99. The molecule has 17 heavy (non-hydrogen) atoms. The van der Waals surface area contributed by atoms with Crippen molar-refractivity contribution >= 4 is 11.8 Å². The lowest BCUT2D eigenvalue weighted by molar-refractivity contribution is 0.435. The van der Waals surface area contributed by atoms with Gasteiger partial charge in [0.1, 0.15) is 0 Å². The molecule has 0 radical (unpaired) electrons. The summed E-state index contributed by atoms with van der Waals surface area (Å²) in [4.78, 5) is 1.45. The van der Waals surface area contributed by atoms with Gasteiger partial charge in [-0.15, -0.1) is 11.8 Å². The Morgan fingerprint density at radius 3 is 2.59 bits per heavy atom. The highest BCUT2D eigenvalue weighted by atomic mass is 32.2. The van der Waals surface area contributed by atoms with Gasteiger partial charge in [0.05, 0.1) is 0 Å². The first-order valence-corrected chi connectivity index (χ1v) is 7.36. The van der Waals surface area contributed by atoms with Gasteiger partial charge < -0.3 is 5.32 Å². The summed E-state index contributed by atoms with van der Waals surface area (Å²) in [5.74, 6) is 1.92. The van der Waals surface area contributed by atoms with E-state index in [1.165, 1.54) is 21.8 Å². The molecule has 1 aliphatic rings. The second-order valence-electron chi connectivity index (χ2n) is 6.06. The van der Waals surface area contributed by atoms with Crippen molar-refractivity contribution in [3.63, 3.8) is 0 Å². The maximum Gasteiger partial charge on any atom is 0.0362 e. The Kier molecular flexibility index (Phi) is 3.55. The molecule has 1 nitrogen and oxygen atoms in total. The summed E-state index contributed by atoms with van der Waals surface area (Å²) in [6.45, 7) is 9.17. The maximum atomic E-state index is 3.48. The van der Waals surface area contributed by atoms with Gasteiger partial charge in [0.25, 0.3) is 0 Å². The van der Waals surface area contributed by atoms with Crippen LogP contribution in [0.3, 0.4) is 0 Å². The predicted molar refractivity (Wildman–Crippen MR) is 76.8 cm³/mol. The van der Waals surface area contributed by atoms with E-state index in [0.29, 0.717) is 12.0 Å². The lowest BCUT2D eigenvalue weighted by Crippen LogP contribution is -2.28. The minimum absolute atomic E-state index is 0.235. The van der Waals surface area contributed by atoms with Crippen LogP contribution in [-0.4, -0.2) is 12.8 Å². The van der Waals surface area contributed by atoms with Crippen LogP contribution in [0, 0.1) is 5.92 Å². The van der Waals surface area contributed by atoms with Gasteiger partial charge in [-0.05, 0) is 35.6 Å². The monoisotopic (exact) mass is 249 g/mol. The standard InChI is InChI=1S/C15H23NS/c1-10-9-17-13-7-6-11(15(2,3)4)8-12(13)14(10)16-5/h6-8,10,14,16H,9H2,1-5H3. The van der Waals surface area contributed by atoms with Crippen molar-refractivity contribution in [1.82, 2.24) is 5.32 Å². The average Bonchev–Trinajstić information content (AvgIpc) is 2.27. The molecular weight excluding hydrogens is 226 g/mol. The normalized spacial score (nSPS) is 24.5. The fourth-order valence-electron chi connectivity index (χ4n) is 2.45. The summed E-state index contributed by atoms with van der Waals surface area (Å²) in [5.41, 5.74) is 3.16. The van der Waals surface area contributed by atoms with Gasteiger partial charge in [0.15, 0.2) is 0 Å². The molecule has 0 saturated carbocycles. The van der Waals surface area contributed by atoms with Crippen LogP contribution in [0.2, 0.25) is 0 Å². The molecule has 0 spiro atoms. The van der Waals surface area contributed by atoms with Gasteiger partial charge in [-0.1, -0.05) is 39.8 Å². The van der Waals surface area contributed by atoms with E-state index in [9.17, 15) is 0 Å². The Hall–Kier alpha value is -0.470. The molecule has 2 rings (SSSR count). The summed E-state index contributed by atoms with van der Waals surface area (Å²) in [6, 6.07) is 7.50. The summed E-state index contributed by atoms with van der Waals surface area (Å²) < 4.78 is 0. The summed E-state index contributed by atoms with van der Waals surface area (Å²) in [7, 11) is 2.07. The van der Waals surface area contributed by atoms with Gasteiger partial charge in [0.2, 0.25) is 0 Å². The summed E-state index contributed by atoms with van der Waals surface area (Å²) in [5, 5.41) is 3.48. The lowest BCUT2D eigenvalue weighted by atomic mass is 9.84. The molecule has 1 aliphatic heterocycles. The first-order valence-electron chi connectivity index (χ1n) is 6.38. The summed E-state index contributed by atoms with van der Waals surface area (Å²) >= 11 is 2.00. The number of hydrogen-bond acceptors (Lipinski definition) is 2. The van der Waals surface area contributed by atoms with Crippen molar-refractivity contribution in [3.8, 4) is 0 Å². The van der Waals surface area contributed by atoms with Gasteiger partial charge >= 0.3 is 0 Å². The van der Waals surface area contributed by atoms with E-state index < -0.39 is 0 Å². The average molecular weight is 249 g/mol. The van der Waals surface area contributed by atoms with E-state index in [0.717, 1.165) is 0 Å². The molecular formula is C15H23NS. The molecule has 2 heteroatoms. The smallest absolute Gasteiger partial charge is 0.0362 e. The molecule has 0 fully saturated rings. The zero-order valence-corrected chi connectivity index (χ0v) is 12.3. The van der Waals surface area contributed by atoms with Crippen LogP contribution in [-0.2, 0) is 5.41 Å². The fraction of sp³-hybridized carbons (Fsp3) is 0.600. The first-order chi connectivity index (χ1) is 7.93. The minimum atomic E-state index is 0.235. The third-order valence-corrected chi connectivity index (χ3v) is 4.97. The lowest BCUT2D eigenvalue weighted by Gasteiger charge is -2.32. The van der Waals surface area contributed by atoms with Crippen LogP contribution in [0.15, 0.2) is 23.1 Å². The van der Waals surface area contributed by atoms with Crippen LogP contribution < -0.4 is 5.32 Å². The number of fused-ring (bicyclic) bond motifs is 1. The largest absolute Gasteiger partial charge is 0.313 e. The predicted octanol–water partition coefficient (Wildman–Crippen LogP) is 3.99. The molecule has 1 heterocycles. The van der Waals surface area contributed by atoms with E-state index in [1.54, 1.807) is 0 Å². The second kappa shape index (κ2) is 4.66. The van der Waals surface area contributed by atoms with E-state index in [1.807, 2.05) is 11.8 Å². The van der Waals surface area contributed by atoms with E-state index in [-0.39, 0.29) is 5.41 Å². The van der Waals surface area contributed by atoms with Crippen LogP contribution in [0.5, 0.6) is 0 Å². The van der Waals surface area contributed by atoms with Crippen LogP contribution in [0.4, 0.5) is 0 Å². The zero-order chi connectivity index (χ0) is 12.6. The number of nitrogens with one attached hydrogen (secondary N) is 1. The quantitative estimate of drug-likeness (QED) is 0.808. The molecule has 1 aromatic rings.